The highest BCUT2D eigenvalue weighted by Gasteiger charge is 2.31. The lowest BCUT2D eigenvalue weighted by Gasteiger charge is -2.39. The fraction of sp³-hybridized carbons (Fsp3) is 0.375. The SMILES string of the molecule is CCC(=O)N(c1cccc(NC(=N)N)c1)C1CCN(CC(C(=O)O)c2ccccc2)CC1. The number of aliphatic carboxylic acids is 1. The summed E-state index contributed by atoms with van der Waals surface area (Å²) in [7, 11) is 0. The van der Waals surface area contributed by atoms with E-state index in [1.165, 1.54) is 0 Å². The van der Waals surface area contributed by atoms with Crippen LogP contribution >= 0.6 is 0 Å². The number of amides is 1. The molecule has 1 unspecified atom stereocenters. The van der Waals surface area contributed by atoms with Gasteiger partial charge < -0.3 is 26.0 Å². The van der Waals surface area contributed by atoms with Crippen LogP contribution in [-0.2, 0) is 9.59 Å². The Morgan fingerprint density at radius 1 is 1.19 bits per heavy atom. The number of rotatable bonds is 8. The molecule has 0 saturated carbocycles. The number of carbonyl (C=O) groups excluding carboxylic acids is 1. The van der Waals surface area contributed by atoms with Crippen molar-refractivity contribution in [3.8, 4) is 0 Å². The molecule has 1 atom stereocenters. The number of nitrogens with zero attached hydrogens (tertiary/aromatic N) is 2. The Morgan fingerprint density at radius 3 is 2.47 bits per heavy atom. The van der Waals surface area contributed by atoms with Gasteiger partial charge in [0.15, 0.2) is 5.96 Å². The lowest BCUT2D eigenvalue weighted by molar-refractivity contribution is -0.139. The van der Waals surface area contributed by atoms with Crippen LogP contribution in [0.5, 0.6) is 0 Å². The molecule has 1 heterocycles. The van der Waals surface area contributed by atoms with Crippen molar-refractivity contribution in [3.63, 3.8) is 0 Å². The quantitative estimate of drug-likeness (QED) is 0.372. The van der Waals surface area contributed by atoms with Crippen LogP contribution in [0.4, 0.5) is 11.4 Å². The van der Waals surface area contributed by atoms with Crippen LogP contribution in [0.3, 0.4) is 0 Å². The highest BCUT2D eigenvalue weighted by Crippen LogP contribution is 2.28. The second-order valence-electron chi connectivity index (χ2n) is 8.04. The van der Waals surface area contributed by atoms with Crippen molar-refractivity contribution in [1.29, 1.82) is 5.41 Å². The standard InChI is InChI=1S/C24H31N5O3/c1-2-22(30)29(20-10-6-9-18(15-20)27-24(25)26)19-11-13-28(14-12-19)16-21(23(31)32)17-7-4-3-5-8-17/h3-10,15,19,21H,2,11-14,16H2,1H3,(H,31,32)(H4,25,26,27). The van der Waals surface area contributed by atoms with Crippen molar-refractivity contribution in [2.45, 2.75) is 38.1 Å². The van der Waals surface area contributed by atoms with Gasteiger partial charge in [-0.25, -0.2) is 0 Å². The number of carboxylic acid groups (broad SMARTS) is 1. The normalized spacial score (nSPS) is 15.7. The van der Waals surface area contributed by atoms with Crippen LogP contribution in [0.15, 0.2) is 54.6 Å². The first-order chi connectivity index (χ1) is 15.4. The average molecular weight is 438 g/mol. The van der Waals surface area contributed by atoms with Gasteiger partial charge in [0.1, 0.15) is 0 Å². The molecule has 3 rings (SSSR count). The zero-order valence-corrected chi connectivity index (χ0v) is 18.3. The van der Waals surface area contributed by atoms with Crippen molar-refractivity contribution >= 4 is 29.2 Å². The van der Waals surface area contributed by atoms with E-state index in [-0.39, 0.29) is 17.9 Å². The summed E-state index contributed by atoms with van der Waals surface area (Å²) in [4.78, 5) is 28.7. The van der Waals surface area contributed by atoms with Gasteiger partial charge in [-0.1, -0.05) is 43.3 Å². The van der Waals surface area contributed by atoms with Gasteiger partial charge in [-0.15, -0.1) is 0 Å². The molecule has 170 valence electrons. The zero-order chi connectivity index (χ0) is 23.1. The minimum Gasteiger partial charge on any atom is -0.481 e. The molecular formula is C24H31N5O3. The Labute approximate surface area is 188 Å². The van der Waals surface area contributed by atoms with Crippen molar-refractivity contribution in [3.05, 3.63) is 60.2 Å². The van der Waals surface area contributed by atoms with Crippen LogP contribution < -0.4 is 16.0 Å². The predicted octanol–water partition coefficient (Wildman–Crippen LogP) is 3.07. The Balaban J connectivity index is 1.70. The number of guanidine groups is 1. The molecule has 0 aliphatic carbocycles. The van der Waals surface area contributed by atoms with Gasteiger partial charge in [0.2, 0.25) is 5.91 Å². The van der Waals surface area contributed by atoms with E-state index in [2.05, 4.69) is 10.2 Å². The first-order valence-corrected chi connectivity index (χ1v) is 10.9. The molecule has 1 saturated heterocycles. The second-order valence-corrected chi connectivity index (χ2v) is 8.04. The molecule has 8 heteroatoms. The summed E-state index contributed by atoms with van der Waals surface area (Å²) < 4.78 is 0. The lowest BCUT2D eigenvalue weighted by Crippen LogP contribution is -2.48. The van der Waals surface area contributed by atoms with Gasteiger partial charge in [0.05, 0.1) is 5.92 Å². The minimum absolute atomic E-state index is 0.0336. The van der Waals surface area contributed by atoms with Crippen molar-refractivity contribution in [1.82, 2.24) is 4.90 Å². The summed E-state index contributed by atoms with van der Waals surface area (Å²) in [5, 5.41) is 19.9. The van der Waals surface area contributed by atoms with E-state index in [9.17, 15) is 14.7 Å². The Bertz CT molecular complexity index is 942. The van der Waals surface area contributed by atoms with Crippen LogP contribution in [0.25, 0.3) is 0 Å². The molecule has 2 aromatic carbocycles. The maximum atomic E-state index is 12.8. The van der Waals surface area contributed by atoms with E-state index in [1.54, 1.807) is 6.07 Å². The number of hydrogen-bond acceptors (Lipinski definition) is 4. The second kappa shape index (κ2) is 10.8. The summed E-state index contributed by atoms with van der Waals surface area (Å²) in [5.74, 6) is -1.52. The van der Waals surface area contributed by atoms with E-state index in [1.807, 2.05) is 60.4 Å². The van der Waals surface area contributed by atoms with Gasteiger partial charge in [0.25, 0.3) is 0 Å². The van der Waals surface area contributed by atoms with Crippen LogP contribution in [0.1, 0.15) is 37.7 Å². The van der Waals surface area contributed by atoms with Crippen LogP contribution in [-0.4, -0.2) is 53.5 Å². The minimum atomic E-state index is -0.823. The molecule has 32 heavy (non-hydrogen) atoms. The third-order valence-corrected chi connectivity index (χ3v) is 5.84. The smallest absolute Gasteiger partial charge is 0.312 e. The Hall–Kier alpha value is -3.39. The van der Waals surface area contributed by atoms with E-state index < -0.39 is 11.9 Å². The van der Waals surface area contributed by atoms with Gasteiger partial charge in [0, 0.05) is 43.5 Å². The molecular weight excluding hydrogens is 406 g/mol. The van der Waals surface area contributed by atoms with Gasteiger partial charge in [-0.3, -0.25) is 15.0 Å². The summed E-state index contributed by atoms with van der Waals surface area (Å²) in [6.07, 6.45) is 1.91. The van der Waals surface area contributed by atoms with Crippen molar-refractivity contribution < 1.29 is 14.7 Å². The highest BCUT2D eigenvalue weighted by atomic mass is 16.4. The predicted molar refractivity (Wildman–Crippen MR) is 126 cm³/mol. The molecule has 0 spiro atoms. The third kappa shape index (κ3) is 5.85. The summed E-state index contributed by atoms with van der Waals surface area (Å²) >= 11 is 0. The molecule has 2 aromatic rings. The number of piperidine rings is 1. The van der Waals surface area contributed by atoms with E-state index in [0.29, 0.717) is 18.7 Å². The number of nitrogens with one attached hydrogen (secondary N) is 2. The summed E-state index contributed by atoms with van der Waals surface area (Å²) in [6, 6.07) is 16.7. The molecule has 5 N–H and O–H groups in total. The van der Waals surface area contributed by atoms with Gasteiger partial charge in [-0.05, 0) is 36.6 Å². The molecule has 1 aliphatic heterocycles. The maximum Gasteiger partial charge on any atom is 0.312 e. The highest BCUT2D eigenvalue weighted by molar-refractivity contribution is 5.95. The molecule has 0 aromatic heterocycles. The first-order valence-electron chi connectivity index (χ1n) is 10.9. The molecule has 1 fully saturated rings. The van der Waals surface area contributed by atoms with E-state index in [0.717, 1.165) is 37.2 Å². The van der Waals surface area contributed by atoms with Crippen LogP contribution in [0.2, 0.25) is 0 Å². The van der Waals surface area contributed by atoms with Gasteiger partial charge >= 0.3 is 5.97 Å². The molecule has 0 bridgehead atoms. The number of likely N-dealkylation sites (tertiary alicyclic amines) is 1. The molecule has 8 nitrogen and oxygen atoms in total. The fourth-order valence-electron chi connectivity index (χ4n) is 4.25. The number of nitrogens with two attached hydrogens (primary N) is 1. The number of anilines is 2. The molecule has 1 aliphatic rings. The largest absolute Gasteiger partial charge is 0.481 e. The number of carboxylic acids is 1. The number of hydrogen-bond donors (Lipinski definition) is 4. The monoisotopic (exact) mass is 437 g/mol. The fourth-order valence-corrected chi connectivity index (χ4v) is 4.25. The van der Waals surface area contributed by atoms with E-state index >= 15 is 0 Å². The average Bonchev–Trinajstić information content (AvgIpc) is 2.78. The van der Waals surface area contributed by atoms with E-state index in [4.69, 9.17) is 11.1 Å². The van der Waals surface area contributed by atoms with Crippen molar-refractivity contribution in [2.75, 3.05) is 29.9 Å². The Morgan fingerprint density at radius 2 is 1.88 bits per heavy atom. The number of carbonyl (C=O) groups is 2. The summed E-state index contributed by atoms with van der Waals surface area (Å²) in [5.41, 5.74) is 7.68. The topological polar surface area (TPSA) is 123 Å². The van der Waals surface area contributed by atoms with Crippen molar-refractivity contribution in [2.24, 2.45) is 5.73 Å². The number of benzene rings is 2. The lowest BCUT2D eigenvalue weighted by atomic mass is 9.96. The van der Waals surface area contributed by atoms with Crippen LogP contribution in [0, 0.1) is 5.41 Å². The summed E-state index contributed by atoms with van der Waals surface area (Å²) in [6.45, 7) is 3.74. The Kier molecular flexibility index (Phi) is 7.83. The first kappa shape index (κ1) is 23.3. The third-order valence-electron chi connectivity index (χ3n) is 5.84. The maximum absolute atomic E-state index is 12.8. The zero-order valence-electron chi connectivity index (χ0n) is 18.3. The molecule has 0 radical (unpaired) electrons. The molecule has 1 amide bonds. The van der Waals surface area contributed by atoms with Gasteiger partial charge in [-0.2, -0.15) is 0 Å².